The fourth-order valence-electron chi connectivity index (χ4n) is 4.65. The molecule has 2 bridgehead atoms. The quantitative estimate of drug-likeness (QED) is 0.564. The van der Waals surface area contributed by atoms with Crippen LogP contribution in [0.15, 0.2) is 36.4 Å². The van der Waals surface area contributed by atoms with E-state index < -0.39 is 35.2 Å². The van der Waals surface area contributed by atoms with Gasteiger partial charge in [-0.15, -0.1) is 0 Å². The summed E-state index contributed by atoms with van der Waals surface area (Å²) in [5.41, 5.74) is 5.32. The van der Waals surface area contributed by atoms with Crippen molar-refractivity contribution in [3.8, 4) is 5.75 Å². The SMILES string of the molecule is NC(=O)C(Oc1ccc(Cl)c(F)c1)C12CC(NCC(O)c3ccc(Cl)c(F)c3)(C1)C2. The van der Waals surface area contributed by atoms with Crippen molar-refractivity contribution in [1.29, 1.82) is 0 Å². The molecule has 1 amide bonds. The predicted molar refractivity (Wildman–Crippen MR) is 108 cm³/mol. The number of nitrogens with two attached hydrogens (primary N) is 1. The van der Waals surface area contributed by atoms with Crippen molar-refractivity contribution in [3.05, 3.63) is 63.6 Å². The first kappa shape index (κ1) is 21.3. The fourth-order valence-corrected chi connectivity index (χ4v) is 4.89. The summed E-state index contributed by atoms with van der Waals surface area (Å²) in [6.07, 6.45) is 0.0984. The zero-order chi connectivity index (χ0) is 21.7. The highest BCUT2D eigenvalue weighted by Gasteiger charge is 2.72. The Morgan fingerprint density at radius 1 is 1.13 bits per heavy atom. The molecule has 5 rings (SSSR count). The van der Waals surface area contributed by atoms with Crippen LogP contribution in [0.4, 0.5) is 8.78 Å². The summed E-state index contributed by atoms with van der Waals surface area (Å²) < 4.78 is 33.0. The summed E-state index contributed by atoms with van der Waals surface area (Å²) in [4.78, 5) is 12.0. The first-order valence-electron chi connectivity index (χ1n) is 9.42. The molecule has 0 heterocycles. The molecule has 2 aromatic rings. The number of aliphatic hydroxyl groups excluding tert-OH is 1. The number of ether oxygens (including phenoxy) is 1. The summed E-state index contributed by atoms with van der Waals surface area (Å²) in [5.74, 6) is -1.65. The molecule has 2 aromatic carbocycles. The van der Waals surface area contributed by atoms with Gasteiger partial charge in [0.2, 0.25) is 0 Å². The number of amides is 1. The van der Waals surface area contributed by atoms with Crippen molar-refractivity contribution in [2.75, 3.05) is 6.54 Å². The third-order valence-electron chi connectivity index (χ3n) is 6.03. The van der Waals surface area contributed by atoms with E-state index in [-0.39, 0.29) is 27.9 Å². The van der Waals surface area contributed by atoms with Crippen molar-refractivity contribution in [3.63, 3.8) is 0 Å². The first-order chi connectivity index (χ1) is 14.1. The Labute approximate surface area is 182 Å². The molecule has 160 valence electrons. The number of halogens is 4. The van der Waals surface area contributed by atoms with E-state index in [9.17, 15) is 18.7 Å². The zero-order valence-electron chi connectivity index (χ0n) is 15.8. The lowest BCUT2D eigenvalue weighted by molar-refractivity contribution is -0.208. The maximum absolute atomic E-state index is 13.7. The van der Waals surface area contributed by atoms with Gasteiger partial charge < -0.3 is 20.9 Å². The summed E-state index contributed by atoms with van der Waals surface area (Å²) in [7, 11) is 0. The topological polar surface area (TPSA) is 84.6 Å². The second-order valence-corrected chi connectivity index (χ2v) is 9.03. The lowest BCUT2D eigenvalue weighted by atomic mass is 9.37. The number of rotatable bonds is 8. The number of primary amides is 1. The van der Waals surface area contributed by atoms with Crippen LogP contribution < -0.4 is 15.8 Å². The molecule has 2 unspecified atom stereocenters. The van der Waals surface area contributed by atoms with E-state index in [1.807, 2.05) is 0 Å². The molecule has 0 radical (unpaired) electrons. The van der Waals surface area contributed by atoms with Gasteiger partial charge in [-0.25, -0.2) is 8.78 Å². The Morgan fingerprint density at radius 3 is 2.30 bits per heavy atom. The Kier molecular flexibility index (Phi) is 5.43. The highest BCUT2D eigenvalue weighted by atomic mass is 35.5. The van der Waals surface area contributed by atoms with Crippen LogP contribution in [0.2, 0.25) is 10.0 Å². The number of carbonyl (C=O) groups excluding carboxylic acids is 1. The van der Waals surface area contributed by atoms with Gasteiger partial charge >= 0.3 is 0 Å². The molecule has 3 fully saturated rings. The van der Waals surface area contributed by atoms with Gasteiger partial charge in [0.25, 0.3) is 5.91 Å². The molecule has 5 nitrogen and oxygen atoms in total. The lowest BCUT2D eigenvalue weighted by Gasteiger charge is -2.72. The van der Waals surface area contributed by atoms with E-state index in [1.165, 1.54) is 24.3 Å². The molecule has 3 saturated carbocycles. The first-order valence-corrected chi connectivity index (χ1v) is 10.2. The minimum Gasteiger partial charge on any atom is -0.480 e. The Bertz CT molecular complexity index is 984. The Morgan fingerprint density at radius 2 is 1.73 bits per heavy atom. The number of hydrogen-bond acceptors (Lipinski definition) is 4. The van der Waals surface area contributed by atoms with Crippen LogP contribution in [0.25, 0.3) is 0 Å². The number of benzene rings is 2. The molecule has 30 heavy (non-hydrogen) atoms. The largest absolute Gasteiger partial charge is 0.480 e. The number of carbonyl (C=O) groups is 1. The van der Waals surface area contributed by atoms with Gasteiger partial charge in [-0.3, -0.25) is 4.79 Å². The molecule has 9 heteroatoms. The predicted octanol–water partition coefficient (Wildman–Crippen LogP) is 3.75. The normalized spacial score (nSPS) is 26.3. The van der Waals surface area contributed by atoms with Gasteiger partial charge in [0.15, 0.2) is 6.10 Å². The van der Waals surface area contributed by atoms with E-state index in [2.05, 4.69) is 5.32 Å². The maximum Gasteiger partial charge on any atom is 0.259 e. The molecule has 0 aliphatic heterocycles. The van der Waals surface area contributed by atoms with Crippen LogP contribution in [0.3, 0.4) is 0 Å². The summed E-state index contributed by atoms with van der Waals surface area (Å²) >= 11 is 11.3. The third kappa shape index (κ3) is 3.75. The van der Waals surface area contributed by atoms with Gasteiger partial charge in [-0.2, -0.15) is 0 Å². The van der Waals surface area contributed by atoms with Gasteiger partial charge in [0, 0.05) is 23.6 Å². The Hall–Kier alpha value is -1.93. The van der Waals surface area contributed by atoms with Crippen LogP contribution in [-0.2, 0) is 4.79 Å². The summed E-state index contributed by atoms with van der Waals surface area (Å²) in [6, 6.07) is 8.15. The van der Waals surface area contributed by atoms with Crippen LogP contribution >= 0.6 is 23.2 Å². The van der Waals surface area contributed by atoms with Gasteiger partial charge in [-0.05, 0) is 49.1 Å². The van der Waals surface area contributed by atoms with E-state index in [1.54, 1.807) is 6.07 Å². The van der Waals surface area contributed by atoms with Gasteiger partial charge in [0.1, 0.15) is 17.4 Å². The monoisotopic (exact) mass is 456 g/mol. The second kappa shape index (κ2) is 7.64. The molecule has 0 spiro atoms. The van der Waals surface area contributed by atoms with E-state index in [0.717, 1.165) is 6.07 Å². The molecule has 0 saturated heterocycles. The molecule has 2 atom stereocenters. The number of nitrogens with one attached hydrogen (secondary N) is 1. The molecular weight excluding hydrogens is 437 g/mol. The highest BCUT2D eigenvalue weighted by molar-refractivity contribution is 6.31. The minimum absolute atomic E-state index is 0.00154. The van der Waals surface area contributed by atoms with Crippen LogP contribution in [0.5, 0.6) is 5.75 Å². The number of β-amino-alcohol motifs (C(OH)–C–C–N with tert-alkyl or cyclic N) is 1. The van der Waals surface area contributed by atoms with Gasteiger partial charge in [-0.1, -0.05) is 29.3 Å². The highest BCUT2D eigenvalue weighted by Crippen LogP contribution is 2.69. The zero-order valence-corrected chi connectivity index (χ0v) is 17.3. The van der Waals surface area contributed by atoms with Crippen LogP contribution in [0, 0.1) is 17.0 Å². The second-order valence-electron chi connectivity index (χ2n) is 8.22. The van der Waals surface area contributed by atoms with E-state index in [4.69, 9.17) is 33.7 Å². The number of hydrogen-bond donors (Lipinski definition) is 3. The fraction of sp³-hybridized carbons (Fsp3) is 0.381. The van der Waals surface area contributed by atoms with E-state index in [0.29, 0.717) is 24.8 Å². The lowest BCUT2D eigenvalue weighted by Crippen LogP contribution is -2.79. The van der Waals surface area contributed by atoms with E-state index >= 15 is 0 Å². The smallest absolute Gasteiger partial charge is 0.259 e. The van der Waals surface area contributed by atoms with Crippen LogP contribution in [-0.4, -0.2) is 29.2 Å². The average Bonchev–Trinajstić information content (AvgIpc) is 2.63. The standard InChI is InChI=1S/C21H20Cl2F2N2O3/c22-13-3-1-11(5-15(13)24)17(28)7-27-21-8-20(9-21,10-21)18(19(26)29)30-12-2-4-14(23)16(25)6-12/h1-6,17-18,27-28H,7-10H2,(H2,26,29). The summed E-state index contributed by atoms with van der Waals surface area (Å²) in [6.45, 7) is 0.224. The Balaban J connectivity index is 1.35. The molecule has 4 N–H and O–H groups in total. The van der Waals surface area contributed by atoms with Gasteiger partial charge in [0.05, 0.1) is 16.1 Å². The average molecular weight is 457 g/mol. The van der Waals surface area contributed by atoms with Crippen molar-refractivity contribution >= 4 is 29.1 Å². The van der Waals surface area contributed by atoms with Crippen molar-refractivity contribution in [2.24, 2.45) is 11.1 Å². The van der Waals surface area contributed by atoms with Crippen LogP contribution in [0.1, 0.15) is 30.9 Å². The maximum atomic E-state index is 13.7. The third-order valence-corrected chi connectivity index (χ3v) is 6.64. The molecule has 3 aliphatic carbocycles. The molecule has 0 aromatic heterocycles. The molecular formula is C21H20Cl2F2N2O3. The van der Waals surface area contributed by atoms with Crippen molar-refractivity contribution in [1.82, 2.24) is 5.32 Å². The van der Waals surface area contributed by atoms with Crippen molar-refractivity contribution in [2.45, 2.75) is 37.0 Å². The van der Waals surface area contributed by atoms with Crippen molar-refractivity contribution < 1.29 is 23.4 Å². The molecule has 3 aliphatic rings. The number of aliphatic hydroxyl groups is 1. The summed E-state index contributed by atoms with van der Waals surface area (Å²) in [5, 5.41) is 13.6. The minimum atomic E-state index is -0.901.